The first-order chi connectivity index (χ1) is 12.9. The van der Waals surface area contributed by atoms with Gasteiger partial charge in [-0.05, 0) is 30.3 Å². The van der Waals surface area contributed by atoms with Crippen LogP contribution in [0.4, 0.5) is 0 Å². The van der Waals surface area contributed by atoms with E-state index in [0.717, 1.165) is 5.56 Å². The Bertz CT molecular complexity index is 918. The summed E-state index contributed by atoms with van der Waals surface area (Å²) in [6.07, 6.45) is 0. The molecule has 0 spiro atoms. The molecular weight excluding hydrogens is 410 g/mol. The van der Waals surface area contributed by atoms with Gasteiger partial charge in [0.25, 0.3) is 0 Å². The zero-order valence-corrected chi connectivity index (χ0v) is 17.5. The van der Waals surface area contributed by atoms with Crippen LogP contribution in [0.1, 0.15) is 10.9 Å². The quantitative estimate of drug-likeness (QED) is 0.695. The molecule has 6 nitrogen and oxygen atoms in total. The number of hydrogen-bond acceptors (Lipinski definition) is 6. The first-order valence-electron chi connectivity index (χ1n) is 8.11. The Labute approximate surface area is 168 Å². The van der Waals surface area contributed by atoms with Crippen molar-refractivity contribution in [1.82, 2.24) is 4.31 Å². The molecule has 1 heterocycles. The molecule has 146 valence electrons. The number of thioether (sulfide) groups is 1. The highest BCUT2D eigenvalue weighted by atomic mass is 35.5. The number of sulfonamides is 1. The van der Waals surface area contributed by atoms with Crippen molar-refractivity contribution in [3.63, 3.8) is 0 Å². The summed E-state index contributed by atoms with van der Waals surface area (Å²) in [5.41, 5.74) is 0.718. The van der Waals surface area contributed by atoms with Crippen molar-refractivity contribution in [2.75, 3.05) is 33.6 Å². The van der Waals surface area contributed by atoms with Crippen LogP contribution in [0.5, 0.6) is 17.2 Å². The van der Waals surface area contributed by atoms with E-state index in [9.17, 15) is 8.42 Å². The molecule has 9 heteroatoms. The normalized spacial score (nSPS) is 17.7. The second-order valence-electron chi connectivity index (χ2n) is 5.74. The Morgan fingerprint density at radius 2 is 1.59 bits per heavy atom. The Kier molecular flexibility index (Phi) is 6.10. The van der Waals surface area contributed by atoms with E-state index in [4.69, 9.17) is 25.8 Å². The molecule has 3 rings (SSSR count). The molecule has 1 aliphatic heterocycles. The number of benzene rings is 2. The average molecular weight is 430 g/mol. The third kappa shape index (κ3) is 3.85. The topological polar surface area (TPSA) is 65.1 Å². The van der Waals surface area contributed by atoms with Gasteiger partial charge in [-0.1, -0.05) is 11.6 Å². The van der Waals surface area contributed by atoms with Gasteiger partial charge >= 0.3 is 0 Å². The number of nitrogens with zero attached hydrogens (tertiary/aromatic N) is 1. The van der Waals surface area contributed by atoms with E-state index in [-0.39, 0.29) is 4.90 Å². The molecule has 0 aliphatic carbocycles. The van der Waals surface area contributed by atoms with Gasteiger partial charge in [0.05, 0.1) is 31.6 Å². The van der Waals surface area contributed by atoms with Crippen LogP contribution in [-0.2, 0) is 10.0 Å². The van der Waals surface area contributed by atoms with Gasteiger partial charge in [-0.2, -0.15) is 4.31 Å². The van der Waals surface area contributed by atoms with Gasteiger partial charge in [-0.15, -0.1) is 11.8 Å². The Balaban J connectivity index is 2.05. The summed E-state index contributed by atoms with van der Waals surface area (Å²) < 4.78 is 44.0. The first-order valence-corrected chi connectivity index (χ1v) is 11.0. The molecule has 1 unspecified atom stereocenters. The SMILES string of the molecule is COc1cc(OC)c(C2SCCN2S(=O)(=O)c2ccc(Cl)cc2)cc1OC. The van der Waals surface area contributed by atoms with Gasteiger partial charge in [0.15, 0.2) is 11.5 Å². The molecule has 1 saturated heterocycles. The first kappa shape index (κ1) is 20.1. The fourth-order valence-corrected chi connectivity index (χ4v) is 6.31. The monoisotopic (exact) mass is 429 g/mol. The minimum atomic E-state index is -3.69. The molecule has 27 heavy (non-hydrogen) atoms. The predicted octanol–water partition coefficient (Wildman–Crippen LogP) is 3.80. The second kappa shape index (κ2) is 8.18. The van der Waals surface area contributed by atoms with Crippen molar-refractivity contribution in [3.05, 3.63) is 47.0 Å². The van der Waals surface area contributed by atoms with Crippen molar-refractivity contribution in [3.8, 4) is 17.2 Å². The number of halogens is 1. The lowest BCUT2D eigenvalue weighted by atomic mass is 10.1. The fraction of sp³-hybridized carbons (Fsp3) is 0.333. The average Bonchev–Trinajstić information content (AvgIpc) is 3.17. The smallest absolute Gasteiger partial charge is 0.244 e. The van der Waals surface area contributed by atoms with Gasteiger partial charge in [-0.3, -0.25) is 0 Å². The molecule has 2 aromatic carbocycles. The van der Waals surface area contributed by atoms with Gasteiger partial charge in [0.1, 0.15) is 5.75 Å². The van der Waals surface area contributed by atoms with Gasteiger partial charge in [0, 0.05) is 29.0 Å². The summed E-state index contributed by atoms with van der Waals surface area (Å²) in [5.74, 6) is 2.26. The number of hydrogen-bond donors (Lipinski definition) is 0. The van der Waals surface area contributed by atoms with Crippen LogP contribution in [-0.4, -0.2) is 46.4 Å². The van der Waals surface area contributed by atoms with Crippen molar-refractivity contribution in [1.29, 1.82) is 0 Å². The van der Waals surface area contributed by atoms with Crippen molar-refractivity contribution < 1.29 is 22.6 Å². The molecule has 2 aromatic rings. The maximum Gasteiger partial charge on any atom is 0.244 e. The molecule has 0 aromatic heterocycles. The van der Waals surface area contributed by atoms with Crippen LogP contribution in [0, 0.1) is 0 Å². The molecule has 1 atom stereocenters. The van der Waals surface area contributed by atoms with Gasteiger partial charge in [-0.25, -0.2) is 8.42 Å². The highest BCUT2D eigenvalue weighted by Gasteiger charge is 2.38. The molecule has 1 fully saturated rings. The highest BCUT2D eigenvalue weighted by Crippen LogP contribution is 2.47. The number of methoxy groups -OCH3 is 3. The summed E-state index contributed by atoms with van der Waals surface area (Å²) >= 11 is 7.43. The minimum Gasteiger partial charge on any atom is -0.496 e. The summed E-state index contributed by atoms with van der Waals surface area (Å²) in [7, 11) is 0.937. The summed E-state index contributed by atoms with van der Waals surface area (Å²) in [5, 5.41) is 0.0586. The third-order valence-electron chi connectivity index (χ3n) is 4.27. The summed E-state index contributed by atoms with van der Waals surface area (Å²) in [6.45, 7) is 0.401. The number of ether oxygens (including phenoxy) is 3. The Morgan fingerprint density at radius 1 is 1.00 bits per heavy atom. The lowest BCUT2D eigenvalue weighted by molar-refractivity contribution is 0.344. The molecule has 0 radical (unpaired) electrons. The van der Waals surface area contributed by atoms with Crippen LogP contribution in [0.3, 0.4) is 0 Å². The zero-order valence-electron chi connectivity index (χ0n) is 15.1. The van der Waals surface area contributed by atoms with Crippen LogP contribution in [0.2, 0.25) is 5.02 Å². The van der Waals surface area contributed by atoms with E-state index in [1.165, 1.54) is 35.3 Å². The maximum absolute atomic E-state index is 13.2. The molecule has 0 N–H and O–H groups in total. The van der Waals surface area contributed by atoms with Crippen LogP contribution >= 0.6 is 23.4 Å². The zero-order chi connectivity index (χ0) is 19.6. The van der Waals surface area contributed by atoms with E-state index in [2.05, 4.69) is 0 Å². The molecular formula is C18H20ClNO5S2. The standard InChI is InChI=1S/C18H20ClNO5S2/c1-23-15-11-17(25-3)16(24-2)10-14(15)18-20(8-9-26-18)27(21,22)13-6-4-12(19)5-7-13/h4-7,10-11,18H,8-9H2,1-3H3. The Morgan fingerprint density at radius 3 is 2.19 bits per heavy atom. The second-order valence-corrected chi connectivity index (χ2v) is 9.26. The van der Waals surface area contributed by atoms with Crippen molar-refractivity contribution >= 4 is 33.4 Å². The van der Waals surface area contributed by atoms with E-state index >= 15 is 0 Å². The van der Waals surface area contributed by atoms with Crippen LogP contribution in [0.15, 0.2) is 41.3 Å². The van der Waals surface area contributed by atoms with E-state index in [1.54, 1.807) is 38.5 Å². The third-order valence-corrected chi connectivity index (χ3v) is 7.78. The van der Waals surface area contributed by atoms with Gasteiger partial charge < -0.3 is 14.2 Å². The van der Waals surface area contributed by atoms with Crippen molar-refractivity contribution in [2.45, 2.75) is 10.3 Å². The number of rotatable bonds is 6. The lowest BCUT2D eigenvalue weighted by Gasteiger charge is -2.25. The minimum absolute atomic E-state index is 0.207. The fourth-order valence-electron chi connectivity index (χ4n) is 2.93. The van der Waals surface area contributed by atoms with Gasteiger partial charge in [0.2, 0.25) is 10.0 Å². The molecule has 1 aliphatic rings. The lowest BCUT2D eigenvalue weighted by Crippen LogP contribution is -2.30. The molecule has 0 amide bonds. The van der Waals surface area contributed by atoms with E-state index in [0.29, 0.717) is 34.6 Å². The van der Waals surface area contributed by atoms with Crippen LogP contribution in [0.25, 0.3) is 0 Å². The Hall–Kier alpha value is -1.61. The molecule has 0 bridgehead atoms. The van der Waals surface area contributed by atoms with E-state index in [1.807, 2.05) is 0 Å². The highest BCUT2D eigenvalue weighted by molar-refractivity contribution is 8.01. The molecule has 0 saturated carbocycles. The predicted molar refractivity (Wildman–Crippen MR) is 107 cm³/mol. The van der Waals surface area contributed by atoms with Crippen LogP contribution < -0.4 is 14.2 Å². The van der Waals surface area contributed by atoms with E-state index < -0.39 is 15.4 Å². The maximum atomic E-state index is 13.2. The summed E-state index contributed by atoms with van der Waals surface area (Å²) in [4.78, 5) is 0.207. The van der Waals surface area contributed by atoms with Crippen molar-refractivity contribution in [2.24, 2.45) is 0 Å². The largest absolute Gasteiger partial charge is 0.496 e. The summed E-state index contributed by atoms with van der Waals surface area (Å²) in [6, 6.07) is 9.66.